The van der Waals surface area contributed by atoms with Gasteiger partial charge in [-0.1, -0.05) is 24.3 Å². The zero-order valence-corrected chi connectivity index (χ0v) is 15.3. The third kappa shape index (κ3) is 4.64. The van der Waals surface area contributed by atoms with Gasteiger partial charge < -0.3 is 15.0 Å². The van der Waals surface area contributed by atoms with Gasteiger partial charge in [0.1, 0.15) is 11.6 Å². The van der Waals surface area contributed by atoms with Gasteiger partial charge in [-0.25, -0.2) is 4.39 Å². The molecule has 27 heavy (non-hydrogen) atoms. The molecule has 0 saturated carbocycles. The zero-order chi connectivity index (χ0) is 19.2. The van der Waals surface area contributed by atoms with Crippen LogP contribution in [-0.4, -0.2) is 35.9 Å². The number of nitrogens with one attached hydrogen (secondary N) is 1. The highest BCUT2D eigenvalue weighted by molar-refractivity contribution is 5.97. The number of amides is 2. The molecule has 0 aromatic heterocycles. The lowest BCUT2D eigenvalue weighted by atomic mass is 10.0. The minimum atomic E-state index is -0.513. The molecule has 1 aliphatic heterocycles. The lowest BCUT2D eigenvalue weighted by Gasteiger charge is -2.33. The normalized spacial score (nSPS) is 16.7. The fourth-order valence-electron chi connectivity index (χ4n) is 3.22. The molecule has 6 heteroatoms. The average Bonchev–Trinajstić information content (AvgIpc) is 2.68. The van der Waals surface area contributed by atoms with E-state index in [1.807, 2.05) is 11.8 Å². The van der Waals surface area contributed by atoms with Crippen molar-refractivity contribution < 1.29 is 18.7 Å². The summed E-state index contributed by atoms with van der Waals surface area (Å²) in [5.74, 6) is -0.745. The molecule has 1 heterocycles. The number of hydrogen-bond donors (Lipinski definition) is 1. The summed E-state index contributed by atoms with van der Waals surface area (Å²) in [7, 11) is 0. The van der Waals surface area contributed by atoms with Crippen molar-refractivity contribution in [1.29, 1.82) is 0 Å². The number of likely N-dealkylation sites (tertiary alicyclic amines) is 1. The van der Waals surface area contributed by atoms with E-state index in [2.05, 4.69) is 5.32 Å². The molecule has 1 fully saturated rings. The maximum absolute atomic E-state index is 13.6. The highest BCUT2D eigenvalue weighted by Gasteiger charge is 2.26. The number of hydrogen-bond acceptors (Lipinski definition) is 3. The summed E-state index contributed by atoms with van der Waals surface area (Å²) >= 11 is 0. The molecular formula is C21H23FN2O3. The quantitative estimate of drug-likeness (QED) is 0.870. The number of halogens is 1. The molecule has 1 atom stereocenters. The first-order valence-electron chi connectivity index (χ1n) is 9.13. The van der Waals surface area contributed by atoms with E-state index in [0.29, 0.717) is 11.3 Å². The van der Waals surface area contributed by atoms with Crippen molar-refractivity contribution in [2.75, 3.05) is 18.5 Å². The van der Waals surface area contributed by atoms with Crippen molar-refractivity contribution in [3.63, 3.8) is 0 Å². The summed E-state index contributed by atoms with van der Waals surface area (Å²) in [6.07, 6.45) is 3.10. The lowest BCUT2D eigenvalue weighted by Crippen LogP contribution is -2.42. The molecule has 1 aliphatic rings. The second kappa shape index (κ2) is 8.66. The first kappa shape index (κ1) is 18.9. The summed E-state index contributed by atoms with van der Waals surface area (Å²) in [6, 6.07) is 13.0. The predicted octanol–water partition coefficient (Wildman–Crippen LogP) is 3.86. The van der Waals surface area contributed by atoms with Crippen LogP contribution >= 0.6 is 0 Å². The van der Waals surface area contributed by atoms with E-state index in [9.17, 15) is 14.0 Å². The number of ether oxygens (including phenoxy) is 1. The maximum Gasteiger partial charge on any atom is 0.262 e. The number of anilines is 1. The van der Waals surface area contributed by atoms with Crippen molar-refractivity contribution in [3.05, 3.63) is 59.9 Å². The summed E-state index contributed by atoms with van der Waals surface area (Å²) in [5.41, 5.74) is 0.530. The molecule has 2 aromatic carbocycles. The van der Waals surface area contributed by atoms with Crippen LogP contribution in [0.25, 0.3) is 0 Å². The highest BCUT2D eigenvalue weighted by Crippen LogP contribution is 2.24. The van der Waals surface area contributed by atoms with Gasteiger partial charge in [0.15, 0.2) is 6.61 Å². The van der Waals surface area contributed by atoms with Gasteiger partial charge >= 0.3 is 0 Å². The fraction of sp³-hybridized carbons (Fsp3) is 0.333. The maximum atomic E-state index is 13.6. The topological polar surface area (TPSA) is 58.6 Å². The van der Waals surface area contributed by atoms with Crippen LogP contribution in [0.1, 0.15) is 36.5 Å². The Bertz CT molecular complexity index is 825. The van der Waals surface area contributed by atoms with Gasteiger partial charge in [0.05, 0.1) is 11.3 Å². The molecule has 5 nitrogen and oxygen atoms in total. The van der Waals surface area contributed by atoms with Crippen LogP contribution in [0.4, 0.5) is 10.1 Å². The molecule has 1 unspecified atom stereocenters. The molecule has 2 amide bonds. The van der Waals surface area contributed by atoms with Crippen LogP contribution in [0.3, 0.4) is 0 Å². The number of para-hydroxylation sites is 2. The Morgan fingerprint density at radius 1 is 1.15 bits per heavy atom. The second-order valence-corrected chi connectivity index (χ2v) is 6.66. The van der Waals surface area contributed by atoms with Crippen molar-refractivity contribution in [3.8, 4) is 5.75 Å². The molecular weight excluding hydrogens is 347 g/mol. The van der Waals surface area contributed by atoms with E-state index >= 15 is 0 Å². The number of nitrogens with zero attached hydrogens (tertiary/aromatic N) is 1. The van der Waals surface area contributed by atoms with Crippen molar-refractivity contribution in [1.82, 2.24) is 4.90 Å². The van der Waals surface area contributed by atoms with E-state index in [-0.39, 0.29) is 24.2 Å². The van der Waals surface area contributed by atoms with Crippen molar-refractivity contribution in [2.24, 2.45) is 0 Å². The largest absolute Gasteiger partial charge is 0.483 e. The molecule has 0 aliphatic carbocycles. The molecule has 3 rings (SSSR count). The van der Waals surface area contributed by atoms with Gasteiger partial charge in [-0.3, -0.25) is 9.59 Å². The van der Waals surface area contributed by atoms with Crippen LogP contribution < -0.4 is 10.1 Å². The predicted molar refractivity (Wildman–Crippen MR) is 101 cm³/mol. The molecule has 0 spiro atoms. The standard InChI is InChI=1S/C21H23FN2O3/c1-15-8-6-7-13-24(15)21(26)16-9-2-5-12-19(16)27-14-20(25)23-18-11-4-3-10-17(18)22/h2-5,9-12,15H,6-8,13-14H2,1H3,(H,23,25). The number of piperidine rings is 1. The Balaban J connectivity index is 1.66. The third-order valence-electron chi connectivity index (χ3n) is 4.69. The fourth-order valence-corrected chi connectivity index (χ4v) is 3.22. The minimum absolute atomic E-state index is 0.0905. The van der Waals surface area contributed by atoms with Crippen molar-refractivity contribution in [2.45, 2.75) is 32.2 Å². The Kier molecular flexibility index (Phi) is 6.06. The Labute approximate surface area is 158 Å². The Morgan fingerprint density at radius 3 is 2.67 bits per heavy atom. The zero-order valence-electron chi connectivity index (χ0n) is 15.3. The van der Waals surface area contributed by atoms with E-state index in [0.717, 1.165) is 25.8 Å². The first-order chi connectivity index (χ1) is 13.1. The van der Waals surface area contributed by atoms with Crippen LogP contribution in [0.5, 0.6) is 5.75 Å². The first-order valence-corrected chi connectivity index (χ1v) is 9.13. The van der Waals surface area contributed by atoms with Crippen LogP contribution in [0.15, 0.2) is 48.5 Å². The summed E-state index contributed by atoms with van der Waals surface area (Å²) in [5, 5.41) is 2.47. The molecule has 142 valence electrons. The van der Waals surface area contributed by atoms with E-state index in [4.69, 9.17) is 4.74 Å². The highest BCUT2D eigenvalue weighted by atomic mass is 19.1. The Hall–Kier alpha value is -2.89. The average molecular weight is 370 g/mol. The van der Waals surface area contributed by atoms with Crippen LogP contribution in [0.2, 0.25) is 0 Å². The van der Waals surface area contributed by atoms with Gasteiger partial charge in [0.2, 0.25) is 0 Å². The minimum Gasteiger partial charge on any atom is -0.483 e. The van der Waals surface area contributed by atoms with Crippen molar-refractivity contribution >= 4 is 17.5 Å². The van der Waals surface area contributed by atoms with Gasteiger partial charge in [-0.2, -0.15) is 0 Å². The van der Waals surface area contributed by atoms with Crippen LogP contribution in [0, 0.1) is 5.82 Å². The summed E-state index contributed by atoms with van der Waals surface area (Å²) in [4.78, 5) is 26.8. The number of carbonyl (C=O) groups excluding carboxylic acids is 2. The molecule has 0 radical (unpaired) electrons. The van der Waals surface area contributed by atoms with E-state index in [1.165, 1.54) is 12.1 Å². The van der Waals surface area contributed by atoms with E-state index in [1.54, 1.807) is 36.4 Å². The molecule has 0 bridgehead atoms. The van der Waals surface area contributed by atoms with Gasteiger partial charge in [0.25, 0.3) is 11.8 Å². The third-order valence-corrected chi connectivity index (χ3v) is 4.69. The summed E-state index contributed by atoms with van der Waals surface area (Å²) < 4.78 is 19.2. The van der Waals surface area contributed by atoms with Gasteiger partial charge in [0, 0.05) is 12.6 Å². The molecule has 1 saturated heterocycles. The second-order valence-electron chi connectivity index (χ2n) is 6.66. The van der Waals surface area contributed by atoms with E-state index < -0.39 is 11.7 Å². The molecule has 2 aromatic rings. The van der Waals surface area contributed by atoms with Gasteiger partial charge in [-0.15, -0.1) is 0 Å². The smallest absolute Gasteiger partial charge is 0.262 e. The van der Waals surface area contributed by atoms with Gasteiger partial charge in [-0.05, 0) is 50.5 Å². The number of benzene rings is 2. The number of carbonyl (C=O) groups is 2. The lowest BCUT2D eigenvalue weighted by molar-refractivity contribution is -0.118. The monoisotopic (exact) mass is 370 g/mol. The van der Waals surface area contributed by atoms with Crippen LogP contribution in [-0.2, 0) is 4.79 Å². The Morgan fingerprint density at radius 2 is 1.89 bits per heavy atom. The SMILES string of the molecule is CC1CCCCN1C(=O)c1ccccc1OCC(=O)Nc1ccccc1F. The molecule has 1 N–H and O–H groups in total. The summed E-state index contributed by atoms with van der Waals surface area (Å²) in [6.45, 7) is 2.46. The number of rotatable bonds is 5.